The molecule has 1 aromatic rings. The third kappa shape index (κ3) is 2.21. The predicted octanol–water partition coefficient (Wildman–Crippen LogP) is 1.10. The van der Waals surface area contributed by atoms with Crippen LogP contribution in [0.1, 0.15) is 12.0 Å². The lowest BCUT2D eigenvalue weighted by Crippen LogP contribution is -2.27. The number of aliphatic hydroxyl groups is 1. The van der Waals surface area contributed by atoms with Gasteiger partial charge in [-0.25, -0.2) is 0 Å². The molecule has 0 spiro atoms. The van der Waals surface area contributed by atoms with Gasteiger partial charge in [0.2, 0.25) is 5.91 Å². The molecule has 102 valence electrons. The standard InChI is InChI=1S/C12H11F2NO4/c13-12(14)18-9-3-1-2-7(11(9)19-12)5-15-6-8(16)4-10(15)17/h1-3,8,16H,4-6H2. The molecule has 3 rings (SSSR count). The van der Waals surface area contributed by atoms with Gasteiger partial charge in [-0.15, -0.1) is 8.78 Å². The summed E-state index contributed by atoms with van der Waals surface area (Å²) in [6, 6.07) is 4.51. The fourth-order valence-electron chi connectivity index (χ4n) is 2.26. The summed E-state index contributed by atoms with van der Waals surface area (Å²) in [6.07, 6.45) is -4.32. The summed E-state index contributed by atoms with van der Waals surface area (Å²) >= 11 is 0. The lowest BCUT2D eigenvalue weighted by molar-refractivity contribution is -0.287. The molecular weight excluding hydrogens is 260 g/mol. The third-order valence-electron chi connectivity index (χ3n) is 3.07. The Labute approximate surface area is 107 Å². The van der Waals surface area contributed by atoms with Crippen LogP contribution in [0.2, 0.25) is 0 Å². The number of rotatable bonds is 2. The monoisotopic (exact) mass is 271 g/mol. The Morgan fingerprint density at radius 1 is 1.42 bits per heavy atom. The normalized spacial score (nSPS) is 24.1. The molecule has 1 atom stereocenters. The highest BCUT2D eigenvalue weighted by molar-refractivity contribution is 5.79. The van der Waals surface area contributed by atoms with Gasteiger partial charge in [0.15, 0.2) is 11.5 Å². The quantitative estimate of drug-likeness (QED) is 0.875. The Kier molecular flexibility index (Phi) is 2.60. The average molecular weight is 271 g/mol. The van der Waals surface area contributed by atoms with Crippen LogP contribution in [0.15, 0.2) is 18.2 Å². The summed E-state index contributed by atoms with van der Waals surface area (Å²) < 4.78 is 34.8. The van der Waals surface area contributed by atoms with Gasteiger partial charge in [0, 0.05) is 18.7 Å². The van der Waals surface area contributed by atoms with Crippen LogP contribution in [-0.2, 0) is 11.3 Å². The molecule has 1 aromatic carbocycles. The Morgan fingerprint density at radius 3 is 2.89 bits per heavy atom. The van der Waals surface area contributed by atoms with Crippen molar-refractivity contribution in [2.45, 2.75) is 25.4 Å². The molecule has 0 radical (unpaired) electrons. The molecule has 2 aliphatic heterocycles. The largest absolute Gasteiger partial charge is 0.586 e. The van der Waals surface area contributed by atoms with Gasteiger partial charge in [-0.3, -0.25) is 4.79 Å². The first-order chi connectivity index (χ1) is 8.94. The van der Waals surface area contributed by atoms with E-state index in [2.05, 4.69) is 9.47 Å². The van der Waals surface area contributed by atoms with Gasteiger partial charge >= 0.3 is 6.29 Å². The summed E-state index contributed by atoms with van der Waals surface area (Å²) in [4.78, 5) is 13.0. The van der Waals surface area contributed by atoms with E-state index in [1.54, 1.807) is 12.1 Å². The van der Waals surface area contributed by atoms with E-state index in [0.717, 1.165) is 0 Å². The number of amides is 1. The van der Waals surface area contributed by atoms with Gasteiger partial charge in [0.25, 0.3) is 0 Å². The Bertz CT molecular complexity index is 534. The summed E-state index contributed by atoms with van der Waals surface area (Å²) in [7, 11) is 0. The van der Waals surface area contributed by atoms with E-state index in [4.69, 9.17) is 0 Å². The number of hydrogen-bond acceptors (Lipinski definition) is 4. The Hall–Kier alpha value is -1.89. The third-order valence-corrected chi connectivity index (χ3v) is 3.07. The van der Waals surface area contributed by atoms with Crippen molar-refractivity contribution in [3.8, 4) is 11.5 Å². The lowest BCUT2D eigenvalue weighted by Gasteiger charge is -2.16. The van der Waals surface area contributed by atoms with Crippen molar-refractivity contribution in [3.05, 3.63) is 23.8 Å². The molecule has 1 amide bonds. The van der Waals surface area contributed by atoms with Crippen molar-refractivity contribution in [3.63, 3.8) is 0 Å². The van der Waals surface area contributed by atoms with Crippen molar-refractivity contribution >= 4 is 5.91 Å². The maximum atomic E-state index is 13.0. The first-order valence-electron chi connectivity index (χ1n) is 5.78. The van der Waals surface area contributed by atoms with Crippen molar-refractivity contribution in [1.29, 1.82) is 0 Å². The maximum Gasteiger partial charge on any atom is 0.586 e. The molecule has 19 heavy (non-hydrogen) atoms. The van der Waals surface area contributed by atoms with Crippen LogP contribution in [0, 0.1) is 0 Å². The van der Waals surface area contributed by atoms with E-state index >= 15 is 0 Å². The number of ether oxygens (including phenoxy) is 2. The SMILES string of the molecule is O=C1CC(O)CN1Cc1cccc2c1OC(F)(F)O2. The predicted molar refractivity (Wildman–Crippen MR) is 58.7 cm³/mol. The molecule has 0 aromatic heterocycles. The van der Waals surface area contributed by atoms with Crippen molar-refractivity contribution in [1.82, 2.24) is 4.90 Å². The minimum absolute atomic E-state index is 0.0466. The van der Waals surface area contributed by atoms with E-state index < -0.39 is 12.4 Å². The Morgan fingerprint density at radius 2 is 2.21 bits per heavy atom. The number of carbonyl (C=O) groups excluding carboxylic acids is 1. The second kappa shape index (κ2) is 4.06. The molecule has 0 aliphatic carbocycles. The molecule has 1 fully saturated rings. The number of fused-ring (bicyclic) bond motifs is 1. The number of benzene rings is 1. The molecule has 2 heterocycles. The van der Waals surface area contributed by atoms with Crippen LogP contribution in [0.5, 0.6) is 11.5 Å². The van der Waals surface area contributed by atoms with Crippen LogP contribution in [0.3, 0.4) is 0 Å². The van der Waals surface area contributed by atoms with Crippen LogP contribution in [-0.4, -0.2) is 34.9 Å². The highest BCUT2D eigenvalue weighted by atomic mass is 19.3. The molecule has 1 N–H and O–H groups in total. The first-order valence-corrected chi connectivity index (χ1v) is 5.78. The van der Waals surface area contributed by atoms with Crippen molar-refractivity contribution < 1.29 is 28.2 Å². The van der Waals surface area contributed by atoms with Crippen molar-refractivity contribution in [2.24, 2.45) is 0 Å². The number of β-amino-alcohol motifs (C(OH)–C–C–N with tert-alkyl or cyclic N) is 1. The fraction of sp³-hybridized carbons (Fsp3) is 0.417. The van der Waals surface area contributed by atoms with Gasteiger partial charge in [0.05, 0.1) is 12.5 Å². The number of para-hydroxylation sites is 1. The van der Waals surface area contributed by atoms with Crippen LogP contribution in [0.4, 0.5) is 8.78 Å². The average Bonchev–Trinajstić information content (AvgIpc) is 2.78. The van der Waals surface area contributed by atoms with Gasteiger partial charge in [-0.05, 0) is 6.07 Å². The smallest absolute Gasteiger partial charge is 0.395 e. The topological polar surface area (TPSA) is 59.0 Å². The summed E-state index contributed by atoms with van der Waals surface area (Å²) in [5, 5.41) is 9.39. The number of likely N-dealkylation sites (tertiary alicyclic amines) is 1. The zero-order valence-corrected chi connectivity index (χ0v) is 9.81. The second-order valence-corrected chi connectivity index (χ2v) is 4.54. The minimum Gasteiger partial charge on any atom is -0.395 e. The molecule has 0 bridgehead atoms. The summed E-state index contributed by atoms with van der Waals surface area (Å²) in [6.45, 7) is 0.304. The summed E-state index contributed by atoms with van der Waals surface area (Å²) in [5.41, 5.74) is 0.428. The number of hydrogen-bond donors (Lipinski definition) is 1. The molecule has 5 nitrogen and oxygen atoms in total. The highest BCUT2D eigenvalue weighted by Gasteiger charge is 2.44. The van der Waals surface area contributed by atoms with Gasteiger partial charge in [-0.2, -0.15) is 0 Å². The fourth-order valence-corrected chi connectivity index (χ4v) is 2.26. The molecule has 2 aliphatic rings. The van der Waals surface area contributed by atoms with Crippen LogP contribution >= 0.6 is 0 Å². The number of halogens is 2. The van der Waals surface area contributed by atoms with Crippen LogP contribution in [0.25, 0.3) is 0 Å². The molecule has 7 heteroatoms. The first kappa shape index (κ1) is 12.2. The summed E-state index contributed by atoms with van der Waals surface area (Å²) in [5.74, 6) is -0.313. The van der Waals surface area contributed by atoms with E-state index in [9.17, 15) is 18.7 Å². The molecular formula is C12H11F2NO4. The minimum atomic E-state index is -3.67. The Balaban J connectivity index is 1.84. The molecule has 0 saturated carbocycles. The molecule has 1 unspecified atom stereocenters. The van der Waals surface area contributed by atoms with Crippen molar-refractivity contribution in [2.75, 3.05) is 6.54 Å². The van der Waals surface area contributed by atoms with E-state index in [1.165, 1.54) is 11.0 Å². The van der Waals surface area contributed by atoms with Gasteiger partial charge < -0.3 is 19.5 Å². The number of nitrogens with zero attached hydrogens (tertiary/aromatic N) is 1. The van der Waals surface area contributed by atoms with Gasteiger partial charge in [-0.1, -0.05) is 12.1 Å². The van der Waals surface area contributed by atoms with Gasteiger partial charge in [0.1, 0.15) is 0 Å². The number of carbonyl (C=O) groups is 1. The highest BCUT2D eigenvalue weighted by Crippen LogP contribution is 2.43. The number of alkyl halides is 2. The number of aliphatic hydroxyl groups excluding tert-OH is 1. The molecule has 1 saturated heterocycles. The zero-order valence-electron chi connectivity index (χ0n) is 9.81. The van der Waals surface area contributed by atoms with Crippen LogP contribution < -0.4 is 9.47 Å². The van der Waals surface area contributed by atoms with E-state index in [0.29, 0.717) is 5.56 Å². The zero-order chi connectivity index (χ0) is 13.6. The van der Waals surface area contributed by atoms with E-state index in [1.807, 2.05) is 0 Å². The second-order valence-electron chi connectivity index (χ2n) is 4.54. The lowest BCUT2D eigenvalue weighted by atomic mass is 10.2. The maximum absolute atomic E-state index is 13.0. The van der Waals surface area contributed by atoms with E-state index in [-0.39, 0.29) is 36.9 Å².